The molecule has 0 bridgehead atoms. The van der Waals surface area contributed by atoms with Crippen molar-refractivity contribution in [3.05, 3.63) is 29.8 Å². The van der Waals surface area contributed by atoms with Crippen LogP contribution in [0, 0.1) is 0 Å². The van der Waals surface area contributed by atoms with E-state index in [0.29, 0.717) is 18.4 Å². The van der Waals surface area contributed by atoms with Crippen molar-refractivity contribution in [3.8, 4) is 5.75 Å². The molecule has 1 fully saturated rings. The number of ether oxygens (including phenoxy) is 1. The molecule has 7 nitrogen and oxygen atoms in total. The molecule has 0 saturated carbocycles. The van der Waals surface area contributed by atoms with E-state index >= 15 is 0 Å². The predicted molar refractivity (Wildman–Crippen MR) is 74.1 cm³/mol. The van der Waals surface area contributed by atoms with Gasteiger partial charge in [0.25, 0.3) is 0 Å². The number of aromatic hydroxyl groups is 1. The van der Waals surface area contributed by atoms with E-state index in [1.165, 1.54) is 6.42 Å². The van der Waals surface area contributed by atoms with Crippen LogP contribution in [0.4, 0.5) is 0 Å². The first-order valence-corrected chi connectivity index (χ1v) is 6.56. The molecule has 7 heteroatoms. The van der Waals surface area contributed by atoms with E-state index in [9.17, 15) is 5.11 Å². The Hall–Kier alpha value is -2.12. The highest BCUT2D eigenvalue weighted by atomic mass is 16.5. The fourth-order valence-electron chi connectivity index (χ4n) is 1.83. The molecule has 1 unspecified atom stereocenters. The van der Waals surface area contributed by atoms with Gasteiger partial charge in [0.2, 0.25) is 0 Å². The number of benzene rings is 1. The van der Waals surface area contributed by atoms with Crippen LogP contribution >= 0.6 is 0 Å². The van der Waals surface area contributed by atoms with Crippen molar-refractivity contribution in [2.45, 2.75) is 25.5 Å². The lowest BCUT2D eigenvalue weighted by atomic mass is 10.2. The van der Waals surface area contributed by atoms with Gasteiger partial charge < -0.3 is 25.4 Å². The maximum atomic E-state index is 9.53. The molecule has 2 rings (SSSR count). The average molecular weight is 297 g/mol. The van der Waals surface area contributed by atoms with Gasteiger partial charge in [0.1, 0.15) is 5.75 Å². The molecule has 1 aromatic carbocycles. The van der Waals surface area contributed by atoms with Crippen molar-refractivity contribution >= 4 is 11.9 Å². The minimum Gasteiger partial charge on any atom is -0.508 e. The number of carbonyl (C=O) groups is 2. The number of hydrogen-bond acceptors (Lipinski definition) is 5. The minimum atomic E-state index is -1.82. The molecule has 0 amide bonds. The third-order valence-electron chi connectivity index (χ3n) is 2.89. The van der Waals surface area contributed by atoms with Crippen molar-refractivity contribution in [2.24, 2.45) is 0 Å². The Morgan fingerprint density at radius 2 is 1.90 bits per heavy atom. The van der Waals surface area contributed by atoms with Gasteiger partial charge in [-0.05, 0) is 18.9 Å². The summed E-state index contributed by atoms with van der Waals surface area (Å²) in [5.74, 6) is -3.29. The SMILES string of the molecule is O=C(O)C(=O)O.Oc1ccccc1CNCC1CCCO1. The molecule has 21 heavy (non-hydrogen) atoms. The first-order valence-electron chi connectivity index (χ1n) is 6.56. The first-order chi connectivity index (χ1) is 10.0. The number of aliphatic carboxylic acids is 2. The van der Waals surface area contributed by atoms with Crippen molar-refractivity contribution in [2.75, 3.05) is 13.2 Å². The molecule has 1 aliphatic rings. The molecule has 116 valence electrons. The molecular weight excluding hydrogens is 278 g/mol. The lowest BCUT2D eigenvalue weighted by Crippen LogP contribution is -2.25. The van der Waals surface area contributed by atoms with Crippen molar-refractivity contribution < 1.29 is 29.6 Å². The van der Waals surface area contributed by atoms with Crippen LogP contribution in [0.3, 0.4) is 0 Å². The third-order valence-corrected chi connectivity index (χ3v) is 2.89. The van der Waals surface area contributed by atoms with E-state index < -0.39 is 11.9 Å². The van der Waals surface area contributed by atoms with Gasteiger partial charge in [-0.25, -0.2) is 9.59 Å². The summed E-state index contributed by atoms with van der Waals surface area (Å²) in [7, 11) is 0. The third kappa shape index (κ3) is 6.73. The number of para-hydroxylation sites is 1. The molecule has 0 spiro atoms. The Morgan fingerprint density at radius 1 is 1.24 bits per heavy atom. The second kappa shape index (κ2) is 8.93. The van der Waals surface area contributed by atoms with Crippen LogP contribution in [0.2, 0.25) is 0 Å². The zero-order valence-electron chi connectivity index (χ0n) is 11.5. The average Bonchev–Trinajstić information content (AvgIpc) is 2.95. The summed E-state index contributed by atoms with van der Waals surface area (Å²) in [6, 6.07) is 7.41. The van der Waals surface area contributed by atoms with Gasteiger partial charge in [-0.2, -0.15) is 0 Å². The quantitative estimate of drug-likeness (QED) is 0.608. The molecule has 4 N–H and O–H groups in total. The van der Waals surface area contributed by atoms with Gasteiger partial charge in [-0.1, -0.05) is 18.2 Å². The number of carboxylic acid groups (broad SMARTS) is 2. The number of phenols is 1. The lowest BCUT2D eigenvalue weighted by Gasteiger charge is -2.11. The van der Waals surface area contributed by atoms with Crippen molar-refractivity contribution in [1.82, 2.24) is 5.32 Å². The Bertz CT molecular complexity index is 458. The van der Waals surface area contributed by atoms with Crippen molar-refractivity contribution in [1.29, 1.82) is 0 Å². The molecule has 0 aliphatic carbocycles. The second-order valence-electron chi connectivity index (χ2n) is 4.50. The Balaban J connectivity index is 0.000000315. The highest BCUT2D eigenvalue weighted by molar-refractivity contribution is 6.27. The summed E-state index contributed by atoms with van der Waals surface area (Å²) in [4.78, 5) is 18.2. The maximum Gasteiger partial charge on any atom is 0.414 e. The normalized spacial score (nSPS) is 16.9. The summed E-state index contributed by atoms with van der Waals surface area (Å²) in [5, 5.41) is 27.6. The molecule has 1 heterocycles. The van der Waals surface area contributed by atoms with E-state index in [1.54, 1.807) is 6.07 Å². The van der Waals surface area contributed by atoms with Crippen LogP contribution < -0.4 is 5.32 Å². The smallest absolute Gasteiger partial charge is 0.414 e. The summed E-state index contributed by atoms with van der Waals surface area (Å²) < 4.78 is 5.50. The van der Waals surface area contributed by atoms with Crippen LogP contribution in [0.5, 0.6) is 5.75 Å². The van der Waals surface area contributed by atoms with Crippen LogP contribution in [0.25, 0.3) is 0 Å². The van der Waals surface area contributed by atoms with Gasteiger partial charge in [-0.15, -0.1) is 0 Å². The molecule has 1 atom stereocenters. The Morgan fingerprint density at radius 3 is 2.43 bits per heavy atom. The first kappa shape index (κ1) is 16.9. The lowest BCUT2D eigenvalue weighted by molar-refractivity contribution is -0.159. The Kier molecular flexibility index (Phi) is 7.20. The topological polar surface area (TPSA) is 116 Å². The molecule has 0 aromatic heterocycles. The zero-order chi connectivity index (χ0) is 15.7. The minimum absolute atomic E-state index is 0.357. The van der Waals surface area contributed by atoms with Gasteiger partial charge in [0.15, 0.2) is 0 Å². The number of carboxylic acids is 2. The van der Waals surface area contributed by atoms with Gasteiger partial charge in [0.05, 0.1) is 6.10 Å². The van der Waals surface area contributed by atoms with E-state index in [-0.39, 0.29) is 0 Å². The number of nitrogens with one attached hydrogen (secondary N) is 1. The largest absolute Gasteiger partial charge is 0.508 e. The molecule has 1 aliphatic heterocycles. The fraction of sp³-hybridized carbons (Fsp3) is 0.429. The number of hydrogen-bond donors (Lipinski definition) is 4. The van der Waals surface area contributed by atoms with Crippen LogP contribution in [0.15, 0.2) is 24.3 Å². The van der Waals surface area contributed by atoms with Gasteiger partial charge in [-0.3, -0.25) is 0 Å². The van der Waals surface area contributed by atoms with Crippen LogP contribution in [0.1, 0.15) is 18.4 Å². The van der Waals surface area contributed by atoms with E-state index in [2.05, 4.69) is 5.32 Å². The number of phenolic OH excluding ortho intramolecular Hbond substituents is 1. The standard InChI is InChI=1S/C12H17NO2.C2H2O4/c14-12-6-2-1-4-10(12)8-13-9-11-5-3-7-15-11;3-1(4)2(5)6/h1-2,4,6,11,13-14H,3,5,7-9H2;(H,3,4)(H,5,6). The highest BCUT2D eigenvalue weighted by Crippen LogP contribution is 2.15. The Labute approximate surface area is 122 Å². The summed E-state index contributed by atoms with van der Waals surface area (Å²) in [6.45, 7) is 2.46. The second-order valence-corrected chi connectivity index (χ2v) is 4.50. The molecule has 1 saturated heterocycles. The summed E-state index contributed by atoms with van der Waals surface area (Å²) >= 11 is 0. The molecule has 0 radical (unpaired) electrons. The summed E-state index contributed by atoms with van der Waals surface area (Å²) in [5.41, 5.74) is 0.940. The van der Waals surface area contributed by atoms with Crippen molar-refractivity contribution in [3.63, 3.8) is 0 Å². The fourth-order valence-corrected chi connectivity index (χ4v) is 1.83. The molecule has 1 aromatic rings. The summed E-state index contributed by atoms with van der Waals surface area (Å²) in [6.07, 6.45) is 2.67. The van der Waals surface area contributed by atoms with E-state index in [4.69, 9.17) is 24.5 Å². The highest BCUT2D eigenvalue weighted by Gasteiger charge is 2.14. The monoisotopic (exact) mass is 297 g/mol. The van der Waals surface area contributed by atoms with E-state index in [0.717, 1.165) is 25.1 Å². The molecular formula is C14H19NO6. The maximum absolute atomic E-state index is 9.53. The zero-order valence-corrected chi connectivity index (χ0v) is 11.5. The van der Waals surface area contributed by atoms with Crippen LogP contribution in [-0.4, -0.2) is 46.5 Å². The predicted octanol–water partition coefficient (Wildman–Crippen LogP) is 0.816. The van der Waals surface area contributed by atoms with Gasteiger partial charge >= 0.3 is 11.9 Å². The van der Waals surface area contributed by atoms with Crippen LogP contribution in [-0.2, 0) is 20.9 Å². The number of rotatable bonds is 4. The van der Waals surface area contributed by atoms with Gasteiger partial charge in [0, 0.05) is 25.3 Å². The van der Waals surface area contributed by atoms with E-state index in [1.807, 2.05) is 18.2 Å².